The Morgan fingerprint density at radius 3 is 2.49 bits per heavy atom. The van der Waals surface area contributed by atoms with Gasteiger partial charge in [0.25, 0.3) is 0 Å². The molecule has 8 N–H and O–H groups in total. The van der Waals surface area contributed by atoms with Crippen LogP contribution in [0.5, 0.6) is 0 Å². The third-order valence-electron chi connectivity index (χ3n) is 5.80. The standard InChI is InChI=1S/C19H32N8O6S2/c20-9-14(29)11-25-35(32,33)16-2-1-15(27-6-3-13(4-7-27)10-22-5-8-28)17(18(16)34(21,30)31)19-23-12-24-26-19/h1-2,13-14,22,25,28-29H,3-12,20H2,(H2,21,30,31)/t14-/m1/s1. The average molecular weight is 533 g/mol. The molecule has 1 aromatic rings. The number of primary sulfonamides is 1. The Morgan fingerprint density at radius 2 is 1.91 bits per heavy atom. The lowest BCUT2D eigenvalue weighted by Gasteiger charge is -2.35. The molecule has 1 fully saturated rings. The Hall–Kier alpha value is -2.05. The number of nitrogens with zero attached hydrogens (tertiary/aromatic N) is 4. The summed E-state index contributed by atoms with van der Waals surface area (Å²) in [6.07, 6.45) is 0.451. The number of azo groups is 1. The number of piperidine rings is 1. The number of hydrogen-bond donors (Lipinski definition) is 6. The number of nitrogens with one attached hydrogen (secondary N) is 2. The molecule has 0 bridgehead atoms. The molecular weight excluding hydrogens is 500 g/mol. The van der Waals surface area contributed by atoms with Gasteiger partial charge < -0.3 is 26.2 Å². The zero-order valence-electron chi connectivity index (χ0n) is 19.2. The van der Waals surface area contributed by atoms with Gasteiger partial charge in [0.15, 0.2) is 12.5 Å². The van der Waals surface area contributed by atoms with E-state index in [9.17, 15) is 21.9 Å². The molecule has 0 amide bonds. The van der Waals surface area contributed by atoms with E-state index in [0.717, 1.165) is 19.4 Å². The van der Waals surface area contributed by atoms with E-state index >= 15 is 0 Å². The molecule has 0 unspecified atom stereocenters. The zero-order chi connectivity index (χ0) is 25.6. The van der Waals surface area contributed by atoms with Crippen LogP contribution in [0.1, 0.15) is 18.4 Å². The van der Waals surface area contributed by atoms with Crippen molar-refractivity contribution < 1.29 is 27.0 Å². The molecule has 0 saturated carbocycles. The van der Waals surface area contributed by atoms with E-state index in [-0.39, 0.29) is 31.2 Å². The first-order chi connectivity index (χ1) is 16.6. The maximum atomic E-state index is 13.0. The summed E-state index contributed by atoms with van der Waals surface area (Å²) in [5, 5.41) is 35.0. The Bertz CT molecular complexity index is 1160. The molecule has 0 aliphatic carbocycles. The summed E-state index contributed by atoms with van der Waals surface area (Å²) in [4.78, 5) is 4.89. The lowest BCUT2D eigenvalue weighted by atomic mass is 9.95. The van der Waals surface area contributed by atoms with Crippen LogP contribution in [0.4, 0.5) is 5.69 Å². The SMILES string of the molecule is NC[C@@H](O)CNS(=O)(=O)c1ccc(N2CCC(CNCCO)CC2)c(C2=NCN=N2)c1S(N)(=O)=O. The van der Waals surface area contributed by atoms with E-state index in [4.69, 9.17) is 16.0 Å². The Morgan fingerprint density at radius 1 is 1.20 bits per heavy atom. The van der Waals surface area contributed by atoms with Crippen molar-refractivity contribution in [1.29, 1.82) is 0 Å². The van der Waals surface area contributed by atoms with Crippen LogP contribution in [0, 0.1) is 5.92 Å². The van der Waals surface area contributed by atoms with E-state index in [2.05, 4.69) is 25.3 Å². The number of hydrogen-bond acceptors (Lipinski definition) is 12. The van der Waals surface area contributed by atoms with Gasteiger partial charge in [-0.1, -0.05) is 0 Å². The lowest BCUT2D eigenvalue weighted by Crippen LogP contribution is -2.39. The van der Waals surface area contributed by atoms with Crippen LogP contribution in [-0.4, -0.2) is 91.5 Å². The quantitative estimate of drug-likeness (QED) is 0.162. The number of aliphatic imine (C=N–C) groups is 1. The number of anilines is 1. The van der Waals surface area contributed by atoms with Crippen molar-refractivity contribution in [3.63, 3.8) is 0 Å². The van der Waals surface area contributed by atoms with Crippen molar-refractivity contribution in [2.24, 2.45) is 32.0 Å². The van der Waals surface area contributed by atoms with Crippen LogP contribution in [0.3, 0.4) is 0 Å². The van der Waals surface area contributed by atoms with Crippen molar-refractivity contribution in [2.75, 3.05) is 57.4 Å². The predicted octanol–water partition coefficient (Wildman–Crippen LogP) is -2.10. The Kier molecular flexibility index (Phi) is 9.28. The van der Waals surface area contributed by atoms with Crippen LogP contribution >= 0.6 is 0 Å². The van der Waals surface area contributed by atoms with Gasteiger partial charge in [0.1, 0.15) is 9.79 Å². The third kappa shape index (κ3) is 6.79. The molecule has 0 aromatic heterocycles. The number of nitrogens with two attached hydrogens (primary N) is 2. The van der Waals surface area contributed by atoms with E-state index in [0.29, 0.717) is 31.2 Å². The van der Waals surface area contributed by atoms with Crippen LogP contribution in [0.2, 0.25) is 0 Å². The highest BCUT2D eigenvalue weighted by atomic mass is 32.2. The van der Waals surface area contributed by atoms with Crippen molar-refractivity contribution in [3.05, 3.63) is 17.7 Å². The molecule has 1 aromatic carbocycles. The van der Waals surface area contributed by atoms with E-state index in [1.807, 2.05) is 4.90 Å². The highest BCUT2D eigenvalue weighted by Gasteiger charge is 2.34. The van der Waals surface area contributed by atoms with Gasteiger partial charge in [-0.25, -0.2) is 31.7 Å². The highest BCUT2D eigenvalue weighted by Crippen LogP contribution is 2.35. The van der Waals surface area contributed by atoms with Gasteiger partial charge in [0.05, 0.1) is 18.3 Å². The Labute approximate surface area is 204 Å². The van der Waals surface area contributed by atoms with Crippen LogP contribution in [-0.2, 0) is 20.0 Å². The minimum absolute atomic E-state index is 0.0185. The fourth-order valence-electron chi connectivity index (χ4n) is 4.01. The molecule has 3 rings (SSSR count). The van der Waals surface area contributed by atoms with Crippen LogP contribution in [0.15, 0.2) is 37.1 Å². The molecule has 2 aliphatic heterocycles. The lowest BCUT2D eigenvalue weighted by molar-refractivity contribution is 0.186. The molecule has 2 aliphatic rings. The van der Waals surface area contributed by atoms with Crippen LogP contribution < -0.4 is 25.8 Å². The number of aliphatic hydroxyl groups excluding tert-OH is 2. The number of sulfonamides is 2. The van der Waals surface area contributed by atoms with E-state index in [1.165, 1.54) is 12.1 Å². The first-order valence-corrected chi connectivity index (χ1v) is 14.2. The van der Waals surface area contributed by atoms with E-state index < -0.39 is 42.5 Å². The molecule has 1 atom stereocenters. The summed E-state index contributed by atoms with van der Waals surface area (Å²) in [6, 6.07) is 2.69. The first-order valence-electron chi connectivity index (χ1n) is 11.1. The summed E-state index contributed by atoms with van der Waals surface area (Å²) < 4.78 is 53.7. The average Bonchev–Trinajstić information content (AvgIpc) is 3.36. The second kappa shape index (κ2) is 11.8. The normalized spacial score (nSPS) is 18.2. The summed E-state index contributed by atoms with van der Waals surface area (Å²) in [5.74, 6) is 0.357. The molecule has 14 nitrogen and oxygen atoms in total. The van der Waals surface area contributed by atoms with Gasteiger partial charge in [-0.05, 0) is 37.4 Å². The topological polar surface area (TPSA) is 225 Å². The van der Waals surface area contributed by atoms with Gasteiger partial charge in [-0.2, -0.15) is 5.11 Å². The molecule has 0 spiro atoms. The van der Waals surface area contributed by atoms with Gasteiger partial charge >= 0.3 is 0 Å². The van der Waals surface area contributed by atoms with Gasteiger partial charge in [-0.3, -0.25) is 0 Å². The van der Waals surface area contributed by atoms with Crippen molar-refractivity contribution in [2.45, 2.75) is 28.7 Å². The summed E-state index contributed by atoms with van der Waals surface area (Å²) in [5.41, 5.74) is 5.75. The maximum Gasteiger partial charge on any atom is 0.242 e. The zero-order valence-corrected chi connectivity index (χ0v) is 20.8. The summed E-state index contributed by atoms with van der Waals surface area (Å²) >= 11 is 0. The first kappa shape index (κ1) is 27.5. The van der Waals surface area contributed by atoms with Gasteiger partial charge in [-0.15, -0.1) is 5.11 Å². The minimum Gasteiger partial charge on any atom is -0.395 e. The van der Waals surface area contributed by atoms with Gasteiger partial charge in [0.2, 0.25) is 20.0 Å². The number of rotatable bonds is 12. The number of aliphatic hydroxyl groups is 2. The van der Waals surface area contributed by atoms with Crippen LogP contribution in [0.25, 0.3) is 0 Å². The smallest absolute Gasteiger partial charge is 0.242 e. The van der Waals surface area contributed by atoms with E-state index in [1.54, 1.807) is 0 Å². The van der Waals surface area contributed by atoms with Gasteiger partial charge in [0, 0.05) is 38.4 Å². The summed E-state index contributed by atoms with van der Waals surface area (Å²) in [7, 11) is -8.96. The van der Waals surface area contributed by atoms with Crippen molar-refractivity contribution >= 4 is 31.6 Å². The largest absolute Gasteiger partial charge is 0.395 e. The molecule has 196 valence electrons. The number of amidine groups is 1. The predicted molar refractivity (Wildman–Crippen MR) is 129 cm³/mol. The fourth-order valence-corrected chi connectivity index (χ4v) is 6.68. The molecule has 2 heterocycles. The molecule has 1 saturated heterocycles. The Balaban J connectivity index is 2.03. The fraction of sp³-hybridized carbons (Fsp3) is 0.632. The molecule has 35 heavy (non-hydrogen) atoms. The second-order valence-corrected chi connectivity index (χ2v) is 11.5. The molecule has 0 radical (unpaired) electrons. The monoisotopic (exact) mass is 532 g/mol. The minimum atomic E-state index is -4.56. The second-order valence-electron chi connectivity index (χ2n) is 8.30. The third-order valence-corrected chi connectivity index (χ3v) is 8.39. The molecular formula is C19H32N8O6S2. The van der Waals surface area contributed by atoms with Crippen molar-refractivity contribution in [3.8, 4) is 0 Å². The van der Waals surface area contributed by atoms with Crippen molar-refractivity contribution in [1.82, 2.24) is 10.0 Å². The summed E-state index contributed by atoms with van der Waals surface area (Å²) in [6.45, 7) is 1.89. The highest BCUT2D eigenvalue weighted by molar-refractivity contribution is 7.92. The maximum absolute atomic E-state index is 13.0. The number of benzene rings is 1. The molecule has 16 heteroatoms.